The molecule has 3 aliphatic rings. The number of ether oxygens (including phenoxy) is 8. The normalized spacial score (nSPS) is 17.7. The highest BCUT2D eigenvalue weighted by molar-refractivity contribution is 5.89. The van der Waals surface area contributed by atoms with Crippen molar-refractivity contribution in [3.8, 4) is 68.6 Å². The highest BCUT2D eigenvalue weighted by Gasteiger charge is 2.41. The average molecular weight is 713 g/mol. The summed E-state index contributed by atoms with van der Waals surface area (Å²) in [5.41, 5.74) is 8.27. The molecule has 0 amide bonds. The Morgan fingerprint density at radius 1 is 0.635 bits per heavy atom. The smallest absolute Gasteiger partial charge is 0.204 e. The van der Waals surface area contributed by atoms with E-state index >= 15 is 0 Å². The number of hydrogen-bond donors (Lipinski definition) is 1. The van der Waals surface area contributed by atoms with Crippen LogP contribution in [-0.4, -0.2) is 91.9 Å². The van der Waals surface area contributed by atoms with Gasteiger partial charge in [-0.1, -0.05) is 12.1 Å². The summed E-state index contributed by atoms with van der Waals surface area (Å²) in [6, 6.07) is 12.3. The first kappa shape index (κ1) is 35.4. The van der Waals surface area contributed by atoms with Gasteiger partial charge in [0, 0.05) is 47.4 Å². The van der Waals surface area contributed by atoms with Crippen LogP contribution in [-0.2, 0) is 25.7 Å². The second kappa shape index (κ2) is 14.2. The van der Waals surface area contributed by atoms with Crippen molar-refractivity contribution in [2.45, 2.75) is 37.8 Å². The third-order valence-electron chi connectivity index (χ3n) is 11.1. The van der Waals surface area contributed by atoms with Crippen LogP contribution in [0.5, 0.6) is 57.5 Å². The molecule has 4 aromatic rings. The molecule has 0 aromatic heterocycles. The number of aromatic hydroxyl groups is 1. The van der Waals surface area contributed by atoms with Gasteiger partial charge in [-0.3, -0.25) is 9.80 Å². The van der Waals surface area contributed by atoms with E-state index < -0.39 is 0 Å². The van der Waals surface area contributed by atoms with Crippen LogP contribution in [0.3, 0.4) is 0 Å². The number of methoxy groups -OCH3 is 7. The second-order valence-corrected chi connectivity index (χ2v) is 13.5. The number of phenols is 1. The molecule has 52 heavy (non-hydrogen) atoms. The minimum absolute atomic E-state index is 0.0368. The van der Waals surface area contributed by atoms with Gasteiger partial charge in [-0.2, -0.15) is 0 Å². The Morgan fingerprint density at radius 3 is 1.88 bits per heavy atom. The van der Waals surface area contributed by atoms with Gasteiger partial charge in [-0.15, -0.1) is 0 Å². The van der Waals surface area contributed by atoms with Gasteiger partial charge in [0.1, 0.15) is 5.75 Å². The third-order valence-corrected chi connectivity index (χ3v) is 11.1. The largest absolute Gasteiger partial charge is 0.504 e. The number of nitrogens with zero attached hydrogens (tertiary/aromatic N) is 2. The molecule has 7 rings (SSSR count). The molecule has 2 heterocycles. The molecule has 1 N–H and O–H groups in total. The molecule has 0 fully saturated rings. The molecule has 11 nitrogen and oxygen atoms in total. The fourth-order valence-electron chi connectivity index (χ4n) is 8.45. The molecule has 4 aromatic carbocycles. The fourth-order valence-corrected chi connectivity index (χ4v) is 8.45. The SMILES string of the molecule is COc1cc2c(c(O)c1OC)CCN(C)[C@H]2Cc1ccc(Oc2c3c(cc(OC)c2OC)-c2c(OC)c(OC)c(OC)c4c2[C@H](C3)N(C)CC4)cc1. The standard InChI is InChI=1S/C41H48N2O9/c1-42-16-14-24-26(20-31(45-3)38(48-6)35(24)44)29(42)18-22-10-12-23(13-11-22)52-37-28-19-30-33-25(15-17-43(30)2)36(47-5)41(51-9)40(50-8)34(33)27(28)21-32(46-4)39(37)49-7/h10-13,20-21,29-30,44H,14-19H2,1-9H3/t29-,30-/m0/s1. The summed E-state index contributed by atoms with van der Waals surface area (Å²) in [4.78, 5) is 4.69. The lowest BCUT2D eigenvalue weighted by Gasteiger charge is -2.41. The zero-order valence-electron chi connectivity index (χ0n) is 31.5. The summed E-state index contributed by atoms with van der Waals surface area (Å²) in [6.07, 6.45) is 2.96. The van der Waals surface area contributed by atoms with Gasteiger partial charge in [-0.25, -0.2) is 0 Å². The minimum atomic E-state index is 0.0368. The van der Waals surface area contributed by atoms with E-state index in [0.29, 0.717) is 52.4 Å². The molecule has 0 radical (unpaired) electrons. The highest BCUT2D eigenvalue weighted by atomic mass is 16.5. The lowest BCUT2D eigenvalue weighted by Crippen LogP contribution is -2.36. The van der Waals surface area contributed by atoms with Gasteiger partial charge in [0.05, 0.1) is 49.8 Å². The fraction of sp³-hybridized carbons (Fsp3) is 0.415. The van der Waals surface area contributed by atoms with Crippen LogP contribution >= 0.6 is 0 Å². The summed E-state index contributed by atoms with van der Waals surface area (Å²) in [5.74, 6) is 5.29. The van der Waals surface area contributed by atoms with Crippen molar-refractivity contribution in [2.75, 3.05) is 77.0 Å². The Bertz CT molecular complexity index is 1990. The van der Waals surface area contributed by atoms with Gasteiger partial charge >= 0.3 is 0 Å². The van der Waals surface area contributed by atoms with Gasteiger partial charge < -0.3 is 43.0 Å². The first-order valence-electron chi connectivity index (χ1n) is 17.5. The maximum atomic E-state index is 11.1. The molecule has 0 spiro atoms. The molecule has 0 saturated heterocycles. The van der Waals surface area contributed by atoms with Crippen LogP contribution in [0.4, 0.5) is 0 Å². The van der Waals surface area contributed by atoms with Gasteiger partial charge in [-0.05, 0) is 86.3 Å². The van der Waals surface area contributed by atoms with Crippen LogP contribution < -0.4 is 37.9 Å². The number of likely N-dealkylation sites (N-methyl/N-ethyl adjacent to an activating group) is 2. The number of fused-ring (bicyclic) bond motifs is 3. The first-order chi connectivity index (χ1) is 25.2. The van der Waals surface area contributed by atoms with Gasteiger partial charge in [0.15, 0.2) is 34.5 Å². The molecule has 1 aliphatic carbocycles. The lowest BCUT2D eigenvalue weighted by atomic mass is 9.75. The molecule has 2 aliphatic heterocycles. The van der Waals surface area contributed by atoms with Crippen LogP contribution in [0.15, 0.2) is 36.4 Å². The van der Waals surface area contributed by atoms with E-state index in [0.717, 1.165) is 77.0 Å². The summed E-state index contributed by atoms with van der Waals surface area (Å²) in [5, 5.41) is 11.1. The summed E-state index contributed by atoms with van der Waals surface area (Å²) in [6.45, 7) is 1.68. The summed E-state index contributed by atoms with van der Waals surface area (Å²) in [7, 11) is 15.7. The topological polar surface area (TPSA) is 101 Å². The molecule has 0 bridgehead atoms. The van der Waals surface area contributed by atoms with E-state index in [1.165, 1.54) is 5.56 Å². The summed E-state index contributed by atoms with van der Waals surface area (Å²) < 4.78 is 47.8. The third kappa shape index (κ3) is 5.58. The number of benzene rings is 4. The maximum Gasteiger partial charge on any atom is 0.204 e. The van der Waals surface area contributed by atoms with E-state index in [2.05, 4.69) is 36.0 Å². The molecule has 11 heteroatoms. The van der Waals surface area contributed by atoms with Crippen LogP contribution in [0.25, 0.3) is 11.1 Å². The predicted molar refractivity (Wildman–Crippen MR) is 198 cm³/mol. The molecular weight excluding hydrogens is 664 g/mol. The van der Waals surface area contributed by atoms with Crippen LogP contribution in [0, 0.1) is 0 Å². The Morgan fingerprint density at radius 2 is 1.25 bits per heavy atom. The van der Waals surface area contributed by atoms with Crippen molar-refractivity contribution in [1.29, 1.82) is 0 Å². The minimum Gasteiger partial charge on any atom is -0.504 e. The lowest BCUT2D eigenvalue weighted by molar-refractivity contribution is 0.220. The summed E-state index contributed by atoms with van der Waals surface area (Å²) >= 11 is 0. The van der Waals surface area contributed by atoms with Crippen molar-refractivity contribution in [3.05, 3.63) is 69.8 Å². The molecule has 0 saturated carbocycles. The predicted octanol–water partition coefficient (Wildman–Crippen LogP) is 6.77. The molecule has 0 unspecified atom stereocenters. The first-order valence-corrected chi connectivity index (χ1v) is 17.5. The van der Waals surface area contributed by atoms with Gasteiger partial charge in [0.2, 0.25) is 17.2 Å². The number of rotatable bonds is 11. The van der Waals surface area contributed by atoms with Crippen molar-refractivity contribution in [3.63, 3.8) is 0 Å². The zero-order valence-corrected chi connectivity index (χ0v) is 31.5. The van der Waals surface area contributed by atoms with E-state index in [4.69, 9.17) is 37.9 Å². The Hall–Kier alpha value is -5.00. The van der Waals surface area contributed by atoms with E-state index in [-0.39, 0.29) is 17.8 Å². The average Bonchev–Trinajstić information content (AvgIpc) is 3.16. The van der Waals surface area contributed by atoms with Crippen molar-refractivity contribution >= 4 is 0 Å². The monoisotopic (exact) mass is 712 g/mol. The molecule has 2 atom stereocenters. The van der Waals surface area contributed by atoms with Crippen molar-refractivity contribution in [1.82, 2.24) is 9.80 Å². The van der Waals surface area contributed by atoms with Gasteiger partial charge in [0.25, 0.3) is 0 Å². The quantitative estimate of drug-likeness (QED) is 0.178. The molecule has 276 valence electrons. The number of phenolic OH excluding ortho intramolecular Hbond substituents is 1. The van der Waals surface area contributed by atoms with Crippen molar-refractivity contribution in [2.24, 2.45) is 0 Å². The molecular formula is C41H48N2O9. The second-order valence-electron chi connectivity index (χ2n) is 13.5. The Balaban J connectivity index is 1.28. The Labute approximate surface area is 305 Å². The Kier molecular flexibility index (Phi) is 9.67. The van der Waals surface area contributed by atoms with E-state index in [1.807, 2.05) is 24.3 Å². The highest BCUT2D eigenvalue weighted by Crippen LogP contribution is 2.60. The van der Waals surface area contributed by atoms with Crippen LogP contribution in [0.1, 0.15) is 45.5 Å². The number of hydrogen-bond acceptors (Lipinski definition) is 11. The maximum absolute atomic E-state index is 11.1. The van der Waals surface area contributed by atoms with E-state index in [1.54, 1.807) is 49.8 Å². The zero-order chi connectivity index (χ0) is 36.8. The van der Waals surface area contributed by atoms with Crippen molar-refractivity contribution < 1.29 is 43.0 Å². The van der Waals surface area contributed by atoms with E-state index in [9.17, 15) is 5.11 Å². The van der Waals surface area contributed by atoms with Crippen LogP contribution in [0.2, 0.25) is 0 Å².